The van der Waals surface area contributed by atoms with E-state index in [9.17, 15) is 5.26 Å². The van der Waals surface area contributed by atoms with Crippen molar-refractivity contribution in [3.8, 4) is 6.07 Å². The third-order valence-corrected chi connectivity index (χ3v) is 3.82. The van der Waals surface area contributed by atoms with Crippen molar-refractivity contribution in [2.45, 2.75) is 66.0 Å². The van der Waals surface area contributed by atoms with E-state index in [1.807, 2.05) is 18.5 Å². The molecule has 0 radical (unpaired) electrons. The second kappa shape index (κ2) is 6.21. The fourth-order valence-corrected chi connectivity index (χ4v) is 2.41. The molecule has 0 aliphatic heterocycles. The van der Waals surface area contributed by atoms with E-state index in [0.717, 1.165) is 25.1 Å². The van der Waals surface area contributed by atoms with Gasteiger partial charge >= 0.3 is 0 Å². The Labute approximate surface area is 116 Å². The number of nitrogens with one attached hydrogen (secondary N) is 1. The summed E-state index contributed by atoms with van der Waals surface area (Å²) in [6.45, 7) is 13.3. The zero-order valence-electron chi connectivity index (χ0n) is 13.0. The molecule has 1 rings (SSSR count). The number of aromatic nitrogens is 2. The van der Waals surface area contributed by atoms with E-state index in [1.54, 1.807) is 0 Å². The summed E-state index contributed by atoms with van der Waals surface area (Å²) in [4.78, 5) is 0. The molecule has 0 aromatic carbocycles. The summed E-state index contributed by atoms with van der Waals surface area (Å²) in [7, 11) is 0. The molecule has 2 unspecified atom stereocenters. The Morgan fingerprint density at radius 3 is 2.47 bits per heavy atom. The fraction of sp³-hybridized carbons (Fsp3) is 0.733. The van der Waals surface area contributed by atoms with Crippen LogP contribution in [-0.4, -0.2) is 21.9 Å². The van der Waals surface area contributed by atoms with Crippen LogP contribution in [0, 0.1) is 32.1 Å². The average Bonchev–Trinajstić information content (AvgIpc) is 2.64. The highest BCUT2D eigenvalue weighted by atomic mass is 15.3. The van der Waals surface area contributed by atoms with Gasteiger partial charge in [-0.05, 0) is 53.1 Å². The number of rotatable bonds is 6. The zero-order valence-corrected chi connectivity index (χ0v) is 13.0. The maximum absolute atomic E-state index is 9.39. The van der Waals surface area contributed by atoms with E-state index in [4.69, 9.17) is 0 Å². The molecule has 0 aliphatic rings. The summed E-state index contributed by atoms with van der Waals surface area (Å²) < 4.78 is 2.05. The summed E-state index contributed by atoms with van der Waals surface area (Å²) >= 11 is 0. The number of nitriles is 1. The molecule has 4 nitrogen and oxygen atoms in total. The molecule has 106 valence electrons. The highest BCUT2D eigenvalue weighted by molar-refractivity contribution is 5.22. The molecule has 1 aromatic heterocycles. The molecule has 0 spiro atoms. The number of hydrogen-bond donors (Lipinski definition) is 1. The van der Waals surface area contributed by atoms with Gasteiger partial charge in [0.2, 0.25) is 0 Å². The van der Waals surface area contributed by atoms with Crippen molar-refractivity contribution in [2.75, 3.05) is 6.54 Å². The minimum Gasteiger partial charge on any atom is -0.300 e. The van der Waals surface area contributed by atoms with Crippen molar-refractivity contribution in [3.05, 3.63) is 17.0 Å². The Balaban J connectivity index is 2.86. The Bertz CT molecular complexity index is 469. The molecule has 4 heteroatoms. The molecule has 19 heavy (non-hydrogen) atoms. The molecule has 0 amide bonds. The summed E-state index contributed by atoms with van der Waals surface area (Å²) in [5.74, 6) is 0. The summed E-state index contributed by atoms with van der Waals surface area (Å²) in [5.41, 5.74) is 3.02. The average molecular weight is 262 g/mol. The predicted octanol–water partition coefficient (Wildman–Crippen LogP) is 3.04. The van der Waals surface area contributed by atoms with Gasteiger partial charge < -0.3 is 0 Å². The van der Waals surface area contributed by atoms with Gasteiger partial charge in [-0.2, -0.15) is 10.4 Å². The van der Waals surface area contributed by atoms with Gasteiger partial charge in [-0.15, -0.1) is 0 Å². The molecular formula is C15H26N4. The van der Waals surface area contributed by atoms with Gasteiger partial charge in [-0.1, -0.05) is 6.92 Å². The lowest BCUT2D eigenvalue weighted by molar-refractivity contribution is 0.329. The lowest BCUT2D eigenvalue weighted by Crippen LogP contribution is -2.43. The largest absolute Gasteiger partial charge is 0.300 e. The standard InChI is InChI=1S/C15H26N4/c1-7-8-17-15(6,10-16)9-11(2)19-14(5)12(3)13(4)18-19/h11,17H,7-9H2,1-6H3. The highest BCUT2D eigenvalue weighted by Gasteiger charge is 2.27. The summed E-state index contributed by atoms with van der Waals surface area (Å²) in [6, 6.07) is 2.61. The van der Waals surface area contributed by atoms with Crippen molar-refractivity contribution in [1.29, 1.82) is 5.26 Å². The van der Waals surface area contributed by atoms with Crippen LogP contribution in [0.15, 0.2) is 0 Å². The third-order valence-electron chi connectivity index (χ3n) is 3.82. The van der Waals surface area contributed by atoms with Crippen LogP contribution >= 0.6 is 0 Å². The molecule has 2 atom stereocenters. The van der Waals surface area contributed by atoms with Crippen LogP contribution in [0.2, 0.25) is 0 Å². The smallest absolute Gasteiger partial charge is 0.105 e. The molecule has 1 aromatic rings. The highest BCUT2D eigenvalue weighted by Crippen LogP contribution is 2.23. The monoisotopic (exact) mass is 262 g/mol. The number of nitrogens with zero attached hydrogens (tertiary/aromatic N) is 3. The first kappa shape index (κ1) is 15.7. The second-order valence-corrected chi connectivity index (χ2v) is 5.66. The van der Waals surface area contributed by atoms with Gasteiger partial charge in [0.15, 0.2) is 0 Å². The normalized spacial score (nSPS) is 15.8. The first-order valence-electron chi connectivity index (χ1n) is 7.03. The van der Waals surface area contributed by atoms with E-state index in [0.29, 0.717) is 0 Å². The number of hydrogen-bond acceptors (Lipinski definition) is 3. The molecule has 0 fully saturated rings. The van der Waals surface area contributed by atoms with Crippen LogP contribution in [0.3, 0.4) is 0 Å². The van der Waals surface area contributed by atoms with Crippen molar-refractivity contribution in [1.82, 2.24) is 15.1 Å². The Morgan fingerprint density at radius 1 is 1.42 bits per heavy atom. The SMILES string of the molecule is CCCNC(C)(C#N)CC(C)n1nc(C)c(C)c1C. The second-order valence-electron chi connectivity index (χ2n) is 5.66. The van der Waals surface area contributed by atoms with Crippen LogP contribution < -0.4 is 5.32 Å². The summed E-state index contributed by atoms with van der Waals surface area (Å²) in [5, 5.41) is 17.3. The van der Waals surface area contributed by atoms with E-state index in [1.165, 1.54) is 11.3 Å². The fourth-order valence-electron chi connectivity index (χ4n) is 2.41. The van der Waals surface area contributed by atoms with Crippen LogP contribution in [0.4, 0.5) is 0 Å². The molecule has 0 saturated carbocycles. The van der Waals surface area contributed by atoms with Gasteiger partial charge in [-0.25, -0.2) is 0 Å². The third kappa shape index (κ3) is 3.57. The predicted molar refractivity (Wildman–Crippen MR) is 78.1 cm³/mol. The minimum atomic E-state index is -0.490. The molecule has 1 heterocycles. The van der Waals surface area contributed by atoms with E-state index >= 15 is 0 Å². The molecule has 0 saturated heterocycles. The first-order valence-corrected chi connectivity index (χ1v) is 7.03. The number of aryl methyl sites for hydroxylation is 1. The van der Waals surface area contributed by atoms with Crippen LogP contribution in [-0.2, 0) is 0 Å². The lowest BCUT2D eigenvalue weighted by atomic mass is 9.95. The van der Waals surface area contributed by atoms with Crippen molar-refractivity contribution in [3.63, 3.8) is 0 Å². The van der Waals surface area contributed by atoms with Crippen LogP contribution in [0.1, 0.15) is 56.6 Å². The van der Waals surface area contributed by atoms with Gasteiger partial charge in [0.05, 0.1) is 17.8 Å². The Morgan fingerprint density at radius 2 is 2.05 bits per heavy atom. The van der Waals surface area contributed by atoms with E-state index < -0.39 is 5.54 Å². The van der Waals surface area contributed by atoms with Gasteiger partial charge in [0, 0.05) is 12.1 Å². The molecule has 1 N–H and O–H groups in total. The topological polar surface area (TPSA) is 53.6 Å². The minimum absolute atomic E-state index is 0.210. The van der Waals surface area contributed by atoms with Crippen LogP contribution in [0.5, 0.6) is 0 Å². The van der Waals surface area contributed by atoms with Crippen LogP contribution in [0.25, 0.3) is 0 Å². The zero-order chi connectivity index (χ0) is 14.6. The maximum Gasteiger partial charge on any atom is 0.105 e. The van der Waals surface area contributed by atoms with Crippen molar-refractivity contribution in [2.24, 2.45) is 0 Å². The Hall–Kier alpha value is -1.34. The maximum atomic E-state index is 9.39. The van der Waals surface area contributed by atoms with Gasteiger partial charge in [0.1, 0.15) is 5.54 Å². The quantitative estimate of drug-likeness (QED) is 0.857. The molecule has 0 aliphatic carbocycles. The van der Waals surface area contributed by atoms with Gasteiger partial charge in [-0.3, -0.25) is 10.00 Å². The molecular weight excluding hydrogens is 236 g/mol. The van der Waals surface area contributed by atoms with Crippen molar-refractivity contribution < 1.29 is 0 Å². The molecule has 0 bridgehead atoms. The van der Waals surface area contributed by atoms with Gasteiger partial charge in [0.25, 0.3) is 0 Å². The van der Waals surface area contributed by atoms with Crippen molar-refractivity contribution >= 4 is 0 Å². The van der Waals surface area contributed by atoms with E-state index in [2.05, 4.69) is 44.2 Å². The Kier molecular flexibility index (Phi) is 5.13. The lowest BCUT2D eigenvalue weighted by Gasteiger charge is -2.27. The first-order chi connectivity index (χ1) is 8.84. The van der Waals surface area contributed by atoms with E-state index in [-0.39, 0.29) is 6.04 Å². The summed E-state index contributed by atoms with van der Waals surface area (Å²) in [6.07, 6.45) is 1.79.